The Balaban J connectivity index is 1.42. The lowest BCUT2D eigenvalue weighted by atomic mass is 10.2. The molecular weight excluding hydrogens is 402 g/mol. The van der Waals surface area contributed by atoms with Crippen molar-refractivity contribution in [1.82, 2.24) is 24.5 Å². The van der Waals surface area contributed by atoms with Gasteiger partial charge in [0.15, 0.2) is 0 Å². The number of aryl methyl sites for hydroxylation is 2. The van der Waals surface area contributed by atoms with E-state index in [1.54, 1.807) is 11.7 Å². The largest absolute Gasteiger partial charge is 0.497 e. The summed E-state index contributed by atoms with van der Waals surface area (Å²) in [5.41, 5.74) is 1.78. The number of nitrogens with one attached hydrogen (secondary N) is 1. The SMILES string of the molecule is CCn1c(=O)c2sccc2n2c(CCCC(=O)NCc3cccc(OC)c3)nnc12. The van der Waals surface area contributed by atoms with Gasteiger partial charge >= 0.3 is 0 Å². The molecule has 0 fully saturated rings. The van der Waals surface area contributed by atoms with Crippen LogP contribution >= 0.6 is 11.3 Å². The van der Waals surface area contributed by atoms with Crippen LogP contribution in [0.3, 0.4) is 0 Å². The van der Waals surface area contributed by atoms with E-state index in [1.807, 2.05) is 47.0 Å². The number of rotatable bonds is 8. The fourth-order valence-corrected chi connectivity index (χ4v) is 4.33. The minimum absolute atomic E-state index is 0.0159. The summed E-state index contributed by atoms with van der Waals surface area (Å²) in [6.07, 6.45) is 1.63. The topological polar surface area (TPSA) is 90.5 Å². The Morgan fingerprint density at radius 3 is 2.93 bits per heavy atom. The molecule has 0 spiro atoms. The van der Waals surface area contributed by atoms with Gasteiger partial charge in [0, 0.05) is 25.9 Å². The molecule has 1 N–H and O–H groups in total. The average molecular weight is 426 g/mol. The Labute approximate surface area is 177 Å². The lowest BCUT2D eigenvalue weighted by Gasteiger charge is -2.08. The first-order chi connectivity index (χ1) is 14.6. The molecule has 0 aliphatic rings. The van der Waals surface area contributed by atoms with Crippen molar-refractivity contribution in [2.24, 2.45) is 0 Å². The van der Waals surface area contributed by atoms with E-state index in [0.29, 0.717) is 42.8 Å². The Kier molecular flexibility index (Phi) is 5.80. The zero-order valence-electron chi connectivity index (χ0n) is 16.9. The van der Waals surface area contributed by atoms with E-state index < -0.39 is 0 Å². The maximum atomic E-state index is 12.6. The van der Waals surface area contributed by atoms with Crippen molar-refractivity contribution in [2.45, 2.75) is 39.3 Å². The second kappa shape index (κ2) is 8.66. The summed E-state index contributed by atoms with van der Waals surface area (Å²) in [6.45, 7) is 2.91. The molecule has 0 aliphatic heterocycles. The number of amides is 1. The van der Waals surface area contributed by atoms with E-state index in [0.717, 1.165) is 22.7 Å². The van der Waals surface area contributed by atoms with Crippen molar-refractivity contribution in [3.63, 3.8) is 0 Å². The van der Waals surface area contributed by atoms with Gasteiger partial charge in [0.25, 0.3) is 5.56 Å². The fourth-order valence-electron chi connectivity index (χ4n) is 3.51. The van der Waals surface area contributed by atoms with Gasteiger partial charge in [-0.2, -0.15) is 0 Å². The number of thiophene rings is 1. The molecule has 0 atom stereocenters. The predicted molar refractivity (Wildman–Crippen MR) is 116 cm³/mol. The number of hydrogen-bond acceptors (Lipinski definition) is 6. The van der Waals surface area contributed by atoms with Crippen LogP contribution in [0.15, 0.2) is 40.5 Å². The number of benzene rings is 1. The van der Waals surface area contributed by atoms with Gasteiger partial charge in [-0.05, 0) is 42.5 Å². The van der Waals surface area contributed by atoms with Crippen molar-refractivity contribution in [3.05, 3.63) is 57.5 Å². The summed E-state index contributed by atoms with van der Waals surface area (Å²) in [7, 11) is 1.62. The lowest BCUT2D eigenvalue weighted by molar-refractivity contribution is -0.121. The fraction of sp³-hybridized carbons (Fsp3) is 0.333. The first-order valence-electron chi connectivity index (χ1n) is 9.86. The van der Waals surface area contributed by atoms with Crippen LogP contribution in [-0.4, -0.2) is 32.2 Å². The Bertz CT molecular complexity index is 1260. The normalized spacial score (nSPS) is 11.3. The van der Waals surface area contributed by atoms with Gasteiger partial charge in [-0.25, -0.2) is 0 Å². The predicted octanol–water partition coefficient (Wildman–Crippen LogP) is 2.77. The highest BCUT2D eigenvalue weighted by Crippen LogP contribution is 2.20. The molecule has 1 aromatic carbocycles. The number of methoxy groups -OCH3 is 1. The number of carbonyl (C=O) groups is 1. The molecule has 8 nitrogen and oxygen atoms in total. The zero-order chi connectivity index (χ0) is 21.1. The molecular formula is C21H23N5O3S. The van der Waals surface area contributed by atoms with E-state index >= 15 is 0 Å². The van der Waals surface area contributed by atoms with E-state index in [9.17, 15) is 9.59 Å². The third-order valence-corrected chi connectivity index (χ3v) is 5.92. The van der Waals surface area contributed by atoms with E-state index in [-0.39, 0.29) is 11.5 Å². The Morgan fingerprint density at radius 1 is 1.27 bits per heavy atom. The molecule has 0 radical (unpaired) electrons. The number of hydrogen-bond donors (Lipinski definition) is 1. The van der Waals surface area contributed by atoms with Gasteiger partial charge < -0.3 is 10.1 Å². The minimum atomic E-state index is -0.0362. The van der Waals surface area contributed by atoms with Crippen molar-refractivity contribution in [1.29, 1.82) is 0 Å². The molecule has 0 saturated carbocycles. The molecule has 4 rings (SSSR count). The number of ether oxygens (including phenoxy) is 1. The van der Waals surface area contributed by atoms with Crippen LogP contribution < -0.4 is 15.6 Å². The number of fused-ring (bicyclic) bond motifs is 3. The highest BCUT2D eigenvalue weighted by Gasteiger charge is 2.16. The maximum Gasteiger partial charge on any atom is 0.272 e. The summed E-state index contributed by atoms with van der Waals surface area (Å²) in [5, 5.41) is 13.4. The van der Waals surface area contributed by atoms with Crippen molar-refractivity contribution in [3.8, 4) is 5.75 Å². The average Bonchev–Trinajstić information content (AvgIpc) is 3.40. The number of aromatic nitrogens is 4. The highest BCUT2D eigenvalue weighted by molar-refractivity contribution is 7.17. The van der Waals surface area contributed by atoms with Crippen LogP contribution in [0.25, 0.3) is 16.0 Å². The number of carbonyl (C=O) groups excluding carboxylic acids is 1. The molecule has 156 valence electrons. The molecule has 0 bridgehead atoms. The molecule has 3 heterocycles. The second-order valence-electron chi connectivity index (χ2n) is 6.92. The maximum absolute atomic E-state index is 12.6. The van der Waals surface area contributed by atoms with E-state index in [2.05, 4.69) is 15.5 Å². The van der Waals surface area contributed by atoms with Gasteiger partial charge in [0.1, 0.15) is 16.3 Å². The second-order valence-corrected chi connectivity index (χ2v) is 7.83. The minimum Gasteiger partial charge on any atom is -0.497 e. The molecule has 4 aromatic rings. The van der Waals surface area contributed by atoms with Crippen LogP contribution in [0.4, 0.5) is 0 Å². The summed E-state index contributed by atoms with van der Waals surface area (Å²) >= 11 is 1.42. The molecule has 9 heteroatoms. The molecule has 3 aromatic heterocycles. The van der Waals surface area contributed by atoms with Gasteiger partial charge in [0.05, 0.1) is 12.6 Å². The molecule has 1 amide bonds. The van der Waals surface area contributed by atoms with Crippen LogP contribution in [0.2, 0.25) is 0 Å². The Morgan fingerprint density at radius 2 is 2.13 bits per heavy atom. The van der Waals surface area contributed by atoms with Gasteiger partial charge in [-0.15, -0.1) is 21.5 Å². The van der Waals surface area contributed by atoms with Crippen molar-refractivity contribution in [2.75, 3.05) is 7.11 Å². The summed E-state index contributed by atoms with van der Waals surface area (Å²) < 4.78 is 9.47. The van der Waals surface area contributed by atoms with Crippen molar-refractivity contribution < 1.29 is 9.53 Å². The first-order valence-corrected chi connectivity index (χ1v) is 10.7. The highest BCUT2D eigenvalue weighted by atomic mass is 32.1. The molecule has 0 unspecified atom stereocenters. The summed E-state index contributed by atoms with van der Waals surface area (Å²) in [4.78, 5) is 24.9. The van der Waals surface area contributed by atoms with E-state index in [1.165, 1.54) is 11.3 Å². The molecule has 30 heavy (non-hydrogen) atoms. The lowest BCUT2D eigenvalue weighted by Crippen LogP contribution is -2.23. The van der Waals surface area contributed by atoms with Gasteiger partial charge in [0.2, 0.25) is 11.7 Å². The first kappa shape index (κ1) is 20.1. The quantitative estimate of drug-likeness (QED) is 0.469. The molecule has 0 aliphatic carbocycles. The smallest absolute Gasteiger partial charge is 0.272 e. The third kappa shape index (κ3) is 3.80. The van der Waals surface area contributed by atoms with Gasteiger partial charge in [-0.3, -0.25) is 18.6 Å². The summed E-state index contributed by atoms with van der Waals surface area (Å²) in [6, 6.07) is 9.54. The monoisotopic (exact) mass is 425 g/mol. The van der Waals surface area contributed by atoms with Crippen LogP contribution in [0.5, 0.6) is 5.75 Å². The summed E-state index contributed by atoms with van der Waals surface area (Å²) in [5.74, 6) is 2.06. The van der Waals surface area contributed by atoms with E-state index in [4.69, 9.17) is 4.74 Å². The van der Waals surface area contributed by atoms with Crippen molar-refractivity contribution >= 4 is 33.2 Å². The molecule has 0 saturated heterocycles. The van der Waals surface area contributed by atoms with Gasteiger partial charge in [-0.1, -0.05) is 12.1 Å². The standard InChI is InChI=1S/C21H23N5O3S/c1-3-25-20(28)19-16(10-11-30-19)26-17(23-24-21(25)26)8-5-9-18(27)22-13-14-6-4-7-15(12-14)29-2/h4,6-7,10-12H,3,5,8-9,13H2,1-2H3,(H,22,27). The number of nitrogens with zero attached hydrogens (tertiary/aromatic N) is 4. The van der Waals surface area contributed by atoms with Crippen LogP contribution in [-0.2, 0) is 24.3 Å². The Hall–Kier alpha value is -3.20. The third-order valence-electron chi connectivity index (χ3n) is 5.02. The zero-order valence-corrected chi connectivity index (χ0v) is 17.7. The van der Waals surface area contributed by atoms with Crippen LogP contribution in [0, 0.1) is 0 Å². The van der Waals surface area contributed by atoms with Crippen LogP contribution in [0.1, 0.15) is 31.2 Å².